The van der Waals surface area contributed by atoms with Gasteiger partial charge in [-0.3, -0.25) is 5.84 Å². The maximum Gasteiger partial charge on any atom is 0.164 e. The molecule has 2 rings (SSSR count). The molecule has 1 aromatic heterocycles. The lowest BCUT2D eigenvalue weighted by atomic mass is 10.0. The molecule has 2 aromatic rings. The van der Waals surface area contributed by atoms with Gasteiger partial charge in [0.1, 0.15) is 11.6 Å². The zero-order valence-corrected chi connectivity index (χ0v) is 17.3. The van der Waals surface area contributed by atoms with Gasteiger partial charge in [-0.2, -0.15) is 0 Å². The molecule has 0 amide bonds. The van der Waals surface area contributed by atoms with Crippen LogP contribution >= 0.6 is 0 Å². The number of hydrogen-bond donors (Lipinski definition) is 3. The number of rotatable bonds is 9. The summed E-state index contributed by atoms with van der Waals surface area (Å²) in [6.45, 7) is 11.3. The number of anilines is 2. The molecule has 7 nitrogen and oxygen atoms in total. The molecule has 0 aliphatic heterocycles. The summed E-state index contributed by atoms with van der Waals surface area (Å²) >= 11 is 0. The van der Waals surface area contributed by atoms with Gasteiger partial charge in [-0.15, -0.1) is 0 Å². The summed E-state index contributed by atoms with van der Waals surface area (Å²) < 4.78 is 5.20. The van der Waals surface area contributed by atoms with Crippen molar-refractivity contribution in [3.63, 3.8) is 0 Å². The van der Waals surface area contributed by atoms with E-state index in [1.54, 1.807) is 7.11 Å². The van der Waals surface area contributed by atoms with E-state index in [0.29, 0.717) is 23.9 Å². The van der Waals surface area contributed by atoms with Crippen LogP contribution in [0.25, 0.3) is 11.4 Å². The summed E-state index contributed by atoms with van der Waals surface area (Å²) in [5.41, 5.74) is 7.35. The molecule has 0 aliphatic rings. The SMILES string of the molecule is C=C(/C=C(/C)NN)Nc1cc(N(C)CCOC)nc(-c2c(C)cccc2C)n1. The lowest BCUT2D eigenvalue weighted by Gasteiger charge is -2.20. The molecule has 4 N–H and O–H groups in total. The van der Waals surface area contributed by atoms with E-state index < -0.39 is 0 Å². The molecule has 0 saturated carbocycles. The van der Waals surface area contributed by atoms with Crippen LogP contribution < -0.4 is 21.5 Å². The third kappa shape index (κ3) is 5.55. The fourth-order valence-electron chi connectivity index (χ4n) is 2.82. The van der Waals surface area contributed by atoms with Crippen molar-refractivity contribution in [3.8, 4) is 11.4 Å². The summed E-state index contributed by atoms with van der Waals surface area (Å²) in [6.07, 6.45) is 1.81. The van der Waals surface area contributed by atoms with Crippen molar-refractivity contribution in [1.29, 1.82) is 0 Å². The first-order valence-electron chi connectivity index (χ1n) is 9.12. The lowest BCUT2D eigenvalue weighted by molar-refractivity contribution is 0.206. The molecule has 0 atom stereocenters. The van der Waals surface area contributed by atoms with Gasteiger partial charge in [0.15, 0.2) is 5.82 Å². The second-order valence-corrected chi connectivity index (χ2v) is 6.74. The Morgan fingerprint density at radius 2 is 1.96 bits per heavy atom. The third-order valence-corrected chi connectivity index (χ3v) is 4.35. The Balaban J connectivity index is 2.48. The molecular formula is C21H30N6O. The quantitative estimate of drug-likeness (QED) is 0.349. The number of nitrogens with two attached hydrogens (primary N) is 1. The van der Waals surface area contributed by atoms with Gasteiger partial charge in [-0.05, 0) is 38.0 Å². The van der Waals surface area contributed by atoms with Crippen LogP contribution in [0.15, 0.2) is 48.3 Å². The molecule has 1 aromatic carbocycles. The smallest absolute Gasteiger partial charge is 0.164 e. The van der Waals surface area contributed by atoms with Crippen LogP contribution in [0.4, 0.5) is 11.6 Å². The van der Waals surface area contributed by atoms with Gasteiger partial charge in [-0.1, -0.05) is 24.8 Å². The monoisotopic (exact) mass is 382 g/mol. The molecule has 0 bridgehead atoms. The van der Waals surface area contributed by atoms with Crippen molar-refractivity contribution in [3.05, 3.63) is 59.4 Å². The Hall–Kier alpha value is -2.90. The van der Waals surface area contributed by atoms with Crippen molar-refractivity contribution >= 4 is 11.6 Å². The molecule has 150 valence electrons. The summed E-state index contributed by atoms with van der Waals surface area (Å²) in [4.78, 5) is 11.6. The van der Waals surface area contributed by atoms with E-state index in [-0.39, 0.29) is 0 Å². The largest absolute Gasteiger partial charge is 0.383 e. The highest BCUT2D eigenvalue weighted by molar-refractivity contribution is 5.68. The van der Waals surface area contributed by atoms with Crippen molar-refractivity contribution in [1.82, 2.24) is 15.4 Å². The lowest BCUT2D eigenvalue weighted by Crippen LogP contribution is -2.23. The predicted molar refractivity (Wildman–Crippen MR) is 116 cm³/mol. The topological polar surface area (TPSA) is 88.3 Å². The number of benzene rings is 1. The van der Waals surface area contributed by atoms with E-state index in [4.69, 9.17) is 20.5 Å². The first kappa shape index (κ1) is 21.4. The zero-order chi connectivity index (χ0) is 20.7. The second kappa shape index (κ2) is 9.87. The van der Waals surface area contributed by atoms with E-state index >= 15 is 0 Å². The van der Waals surface area contributed by atoms with Crippen molar-refractivity contribution < 1.29 is 4.74 Å². The van der Waals surface area contributed by atoms with Gasteiger partial charge in [0.05, 0.1) is 6.61 Å². The van der Waals surface area contributed by atoms with Crippen LogP contribution in [0, 0.1) is 13.8 Å². The Morgan fingerprint density at radius 3 is 2.57 bits per heavy atom. The molecule has 0 fully saturated rings. The molecule has 7 heteroatoms. The molecule has 0 saturated heterocycles. The van der Waals surface area contributed by atoms with E-state index in [2.05, 4.69) is 43.3 Å². The van der Waals surface area contributed by atoms with Crippen LogP contribution in [-0.4, -0.2) is 37.3 Å². The van der Waals surface area contributed by atoms with Gasteiger partial charge in [0, 0.05) is 43.7 Å². The Morgan fingerprint density at radius 1 is 1.29 bits per heavy atom. The summed E-state index contributed by atoms with van der Waals surface area (Å²) in [5, 5.41) is 3.23. The summed E-state index contributed by atoms with van der Waals surface area (Å²) in [7, 11) is 3.67. The van der Waals surface area contributed by atoms with Gasteiger partial charge < -0.3 is 20.4 Å². The first-order valence-corrected chi connectivity index (χ1v) is 9.12. The highest BCUT2D eigenvalue weighted by Crippen LogP contribution is 2.28. The summed E-state index contributed by atoms with van der Waals surface area (Å²) in [5.74, 6) is 7.57. The standard InChI is InChI=1S/C21H30N6O/c1-14-8-7-9-15(2)20(14)21-24-18(23-16(3)12-17(4)26-22)13-19(25-21)27(5)10-11-28-6/h7-9,12-13,26H,3,10-11,22H2,1-2,4-6H3,(H,23,24,25)/b17-12-. The number of aromatic nitrogens is 2. The Bertz CT molecular complexity index is 842. The third-order valence-electron chi connectivity index (χ3n) is 4.35. The van der Waals surface area contributed by atoms with Crippen LogP contribution in [0.1, 0.15) is 18.1 Å². The molecule has 0 spiro atoms. The van der Waals surface area contributed by atoms with E-state index in [1.807, 2.05) is 37.1 Å². The number of ether oxygens (including phenoxy) is 1. The number of methoxy groups -OCH3 is 1. The first-order chi connectivity index (χ1) is 13.3. The number of nitrogens with zero attached hydrogens (tertiary/aromatic N) is 3. The minimum absolute atomic E-state index is 0.610. The van der Waals surface area contributed by atoms with Gasteiger partial charge in [0.2, 0.25) is 0 Å². The number of hydrazine groups is 1. The van der Waals surface area contributed by atoms with Crippen LogP contribution in [-0.2, 0) is 4.74 Å². The minimum atomic E-state index is 0.610. The maximum atomic E-state index is 5.43. The van der Waals surface area contributed by atoms with Crippen molar-refractivity contribution in [2.24, 2.45) is 5.84 Å². The fourth-order valence-corrected chi connectivity index (χ4v) is 2.82. The average Bonchev–Trinajstić information content (AvgIpc) is 2.65. The molecule has 0 radical (unpaired) electrons. The second-order valence-electron chi connectivity index (χ2n) is 6.74. The zero-order valence-electron chi connectivity index (χ0n) is 17.3. The summed E-state index contributed by atoms with van der Waals surface area (Å²) in [6, 6.07) is 8.07. The van der Waals surface area contributed by atoms with E-state index in [0.717, 1.165) is 34.8 Å². The number of nitrogens with one attached hydrogen (secondary N) is 2. The molecule has 0 aliphatic carbocycles. The highest BCUT2D eigenvalue weighted by atomic mass is 16.5. The number of allylic oxidation sites excluding steroid dienone is 2. The van der Waals surface area contributed by atoms with Crippen LogP contribution in [0.3, 0.4) is 0 Å². The molecule has 0 unspecified atom stereocenters. The molecule has 1 heterocycles. The average molecular weight is 383 g/mol. The molecule has 28 heavy (non-hydrogen) atoms. The van der Waals surface area contributed by atoms with E-state index in [9.17, 15) is 0 Å². The van der Waals surface area contributed by atoms with Crippen molar-refractivity contribution in [2.45, 2.75) is 20.8 Å². The number of likely N-dealkylation sites (N-methyl/N-ethyl adjacent to an activating group) is 1. The fraction of sp³-hybridized carbons (Fsp3) is 0.333. The highest BCUT2D eigenvalue weighted by Gasteiger charge is 2.14. The van der Waals surface area contributed by atoms with Crippen LogP contribution in [0.5, 0.6) is 0 Å². The predicted octanol–water partition coefficient (Wildman–Crippen LogP) is 3.14. The van der Waals surface area contributed by atoms with Crippen LogP contribution in [0.2, 0.25) is 0 Å². The normalized spacial score (nSPS) is 11.3. The number of aryl methyl sites for hydroxylation is 2. The Kier molecular flexibility index (Phi) is 7.54. The maximum absolute atomic E-state index is 5.43. The van der Waals surface area contributed by atoms with Gasteiger partial charge in [0.25, 0.3) is 0 Å². The number of hydrogen-bond acceptors (Lipinski definition) is 7. The minimum Gasteiger partial charge on any atom is -0.383 e. The van der Waals surface area contributed by atoms with E-state index in [1.165, 1.54) is 0 Å². The van der Waals surface area contributed by atoms with Crippen molar-refractivity contribution in [2.75, 3.05) is 37.5 Å². The Labute approximate surface area is 167 Å². The molecular weight excluding hydrogens is 352 g/mol. The van der Waals surface area contributed by atoms with Gasteiger partial charge >= 0.3 is 0 Å². The van der Waals surface area contributed by atoms with Gasteiger partial charge in [-0.25, -0.2) is 9.97 Å².